The van der Waals surface area contributed by atoms with Crippen LogP contribution in [0.25, 0.3) is 0 Å². The summed E-state index contributed by atoms with van der Waals surface area (Å²) >= 11 is 3.19. The number of carboxylic acids is 1. The largest absolute Gasteiger partial charge is 0.477 e. The smallest absolute Gasteiger partial charge is 0.354 e. The van der Waals surface area contributed by atoms with Crippen LogP contribution in [0.5, 0.6) is 0 Å². The standard InChI is InChI=1S/C24H33NO4S2Si/c1-7-17(29-32(5,6)24(2,3)4)18-20(26)25-19(22(27)28)23(31-21(18)25)30-16-12-14-10-8-9-11-15(14)13-16/h8-11,16-18,21H,7,12-13H2,1-6H3,(H,27,28)/t17-,18+,21+/m0/s1. The van der Waals surface area contributed by atoms with Gasteiger partial charge in [-0.1, -0.05) is 63.7 Å². The molecule has 3 atom stereocenters. The third-order valence-electron chi connectivity index (χ3n) is 7.29. The zero-order valence-electron chi connectivity index (χ0n) is 19.7. The summed E-state index contributed by atoms with van der Waals surface area (Å²) < 4.78 is 7.42. The van der Waals surface area contributed by atoms with E-state index in [1.165, 1.54) is 16.0 Å². The highest BCUT2D eigenvalue weighted by atomic mass is 32.2. The van der Waals surface area contributed by atoms with Crippen LogP contribution in [0.4, 0.5) is 0 Å². The Labute approximate surface area is 200 Å². The average molecular weight is 492 g/mol. The van der Waals surface area contributed by atoms with Crippen molar-refractivity contribution in [3.63, 3.8) is 0 Å². The molecule has 0 aromatic heterocycles. The van der Waals surface area contributed by atoms with Crippen molar-refractivity contribution < 1.29 is 19.1 Å². The summed E-state index contributed by atoms with van der Waals surface area (Å²) in [5.74, 6) is -1.40. The van der Waals surface area contributed by atoms with Crippen LogP contribution in [0.3, 0.4) is 0 Å². The molecule has 1 N–H and O–H groups in total. The third kappa shape index (κ3) is 4.08. The minimum Gasteiger partial charge on any atom is -0.477 e. The fourth-order valence-electron chi connectivity index (χ4n) is 4.45. The van der Waals surface area contributed by atoms with Gasteiger partial charge in [-0.15, -0.1) is 11.8 Å². The Morgan fingerprint density at radius 2 is 1.88 bits per heavy atom. The van der Waals surface area contributed by atoms with Crippen LogP contribution >= 0.6 is 23.5 Å². The van der Waals surface area contributed by atoms with E-state index in [4.69, 9.17) is 4.43 Å². The van der Waals surface area contributed by atoms with E-state index in [0.717, 1.165) is 23.5 Å². The summed E-state index contributed by atoms with van der Waals surface area (Å²) in [4.78, 5) is 26.9. The molecule has 1 fully saturated rings. The number of benzene rings is 1. The van der Waals surface area contributed by atoms with Gasteiger partial charge in [-0.2, -0.15) is 0 Å². The second-order valence-corrected chi connectivity index (χ2v) is 17.9. The number of hydrogen-bond acceptors (Lipinski definition) is 5. The number of aliphatic carboxylic acids is 1. The lowest BCUT2D eigenvalue weighted by atomic mass is 9.90. The van der Waals surface area contributed by atoms with Crippen LogP contribution in [0.2, 0.25) is 18.1 Å². The molecule has 32 heavy (non-hydrogen) atoms. The fourth-order valence-corrected chi connectivity index (χ4v) is 9.19. The van der Waals surface area contributed by atoms with Crippen LogP contribution < -0.4 is 0 Å². The maximum Gasteiger partial charge on any atom is 0.354 e. The summed E-state index contributed by atoms with van der Waals surface area (Å²) in [6.45, 7) is 13.1. The van der Waals surface area contributed by atoms with Crippen molar-refractivity contribution in [1.29, 1.82) is 0 Å². The van der Waals surface area contributed by atoms with Gasteiger partial charge < -0.3 is 9.53 Å². The van der Waals surface area contributed by atoms with Crippen molar-refractivity contribution in [1.82, 2.24) is 4.90 Å². The Balaban J connectivity index is 1.51. The first-order valence-corrected chi connectivity index (χ1v) is 16.0. The Hall–Kier alpha value is -1.22. The summed E-state index contributed by atoms with van der Waals surface area (Å²) in [5, 5.41) is 10.1. The van der Waals surface area contributed by atoms with Crippen molar-refractivity contribution in [3.8, 4) is 0 Å². The zero-order valence-corrected chi connectivity index (χ0v) is 22.3. The molecule has 174 valence electrons. The lowest BCUT2D eigenvalue weighted by molar-refractivity contribution is -0.156. The molecule has 4 rings (SSSR count). The van der Waals surface area contributed by atoms with Gasteiger partial charge in [-0.3, -0.25) is 9.69 Å². The molecular weight excluding hydrogens is 458 g/mol. The summed E-state index contributed by atoms with van der Waals surface area (Å²) in [6.07, 6.45) is 2.45. The molecule has 1 amide bonds. The second-order valence-electron chi connectivity index (χ2n) is 10.4. The summed E-state index contributed by atoms with van der Waals surface area (Å²) in [7, 11) is -2.04. The molecule has 1 aromatic rings. The van der Waals surface area contributed by atoms with Crippen LogP contribution in [-0.2, 0) is 26.9 Å². The van der Waals surface area contributed by atoms with Crippen LogP contribution in [0.1, 0.15) is 45.2 Å². The molecule has 2 heterocycles. The minimum atomic E-state index is -2.04. The van der Waals surface area contributed by atoms with Crippen molar-refractivity contribution in [3.05, 3.63) is 45.3 Å². The Kier molecular flexibility index (Phi) is 6.37. The van der Waals surface area contributed by atoms with Gasteiger partial charge >= 0.3 is 5.97 Å². The molecule has 0 bridgehead atoms. The predicted octanol–water partition coefficient (Wildman–Crippen LogP) is 5.47. The Bertz CT molecular complexity index is 946. The quantitative estimate of drug-likeness (QED) is 0.403. The number of thioether (sulfide) groups is 2. The van der Waals surface area contributed by atoms with Gasteiger partial charge in [0, 0.05) is 5.25 Å². The minimum absolute atomic E-state index is 0.0543. The first-order chi connectivity index (χ1) is 14.9. The van der Waals surface area contributed by atoms with E-state index in [1.807, 2.05) is 0 Å². The van der Waals surface area contributed by atoms with E-state index in [0.29, 0.717) is 5.25 Å². The van der Waals surface area contributed by atoms with E-state index in [9.17, 15) is 14.7 Å². The van der Waals surface area contributed by atoms with E-state index in [2.05, 4.69) is 65.1 Å². The highest BCUT2D eigenvalue weighted by molar-refractivity contribution is 8.23. The van der Waals surface area contributed by atoms with E-state index < -0.39 is 14.3 Å². The average Bonchev–Trinajstić information content (AvgIpc) is 3.25. The van der Waals surface area contributed by atoms with Gasteiger partial charge in [0.15, 0.2) is 14.0 Å². The molecule has 0 saturated carbocycles. The normalized spacial score (nSPS) is 24.4. The summed E-state index contributed by atoms with van der Waals surface area (Å²) in [6, 6.07) is 8.42. The number of nitrogens with zero attached hydrogens (tertiary/aromatic N) is 1. The van der Waals surface area contributed by atoms with Gasteiger partial charge in [-0.25, -0.2) is 4.79 Å². The highest BCUT2D eigenvalue weighted by Gasteiger charge is 2.59. The van der Waals surface area contributed by atoms with Crippen LogP contribution in [-0.4, -0.2) is 46.9 Å². The number of carboxylic acid groups (broad SMARTS) is 1. The van der Waals surface area contributed by atoms with E-state index in [-0.39, 0.29) is 34.0 Å². The number of amides is 1. The Morgan fingerprint density at radius 3 is 2.38 bits per heavy atom. The molecule has 2 aliphatic heterocycles. The molecular formula is C24H33NO4S2Si. The number of fused-ring (bicyclic) bond motifs is 2. The Morgan fingerprint density at radius 1 is 1.28 bits per heavy atom. The fraction of sp³-hybridized carbons (Fsp3) is 0.583. The number of carbonyl (C=O) groups excluding carboxylic acids is 1. The molecule has 0 radical (unpaired) electrons. The van der Waals surface area contributed by atoms with Crippen molar-refractivity contribution in [2.75, 3.05) is 0 Å². The molecule has 1 saturated heterocycles. The topological polar surface area (TPSA) is 66.8 Å². The molecule has 0 spiro atoms. The number of hydrogen-bond donors (Lipinski definition) is 1. The van der Waals surface area contributed by atoms with Gasteiger partial charge in [0.05, 0.1) is 16.3 Å². The second kappa shape index (κ2) is 8.53. The van der Waals surface area contributed by atoms with Gasteiger partial charge in [0.1, 0.15) is 5.37 Å². The number of β-lactam (4-membered cyclic amide) rings is 1. The molecule has 0 unspecified atom stereocenters. The number of rotatable bonds is 7. The maximum atomic E-state index is 13.2. The van der Waals surface area contributed by atoms with Crippen molar-refractivity contribution in [2.24, 2.45) is 5.92 Å². The molecule has 8 heteroatoms. The lowest BCUT2D eigenvalue weighted by Gasteiger charge is -2.48. The SMILES string of the molecule is CC[C@H](O[Si](C)(C)C(C)(C)C)[C@@H]1C(=O)N2C(C(=O)O)=C(SC3Cc4ccccc4C3)S[C@H]12. The monoisotopic (exact) mass is 491 g/mol. The van der Waals surface area contributed by atoms with Crippen LogP contribution in [0, 0.1) is 5.92 Å². The summed E-state index contributed by atoms with van der Waals surface area (Å²) in [5.41, 5.74) is 2.86. The number of carbonyl (C=O) groups is 2. The first kappa shape index (κ1) is 23.9. The van der Waals surface area contributed by atoms with Gasteiger partial charge in [-0.05, 0) is 48.5 Å². The predicted molar refractivity (Wildman–Crippen MR) is 134 cm³/mol. The van der Waals surface area contributed by atoms with Crippen molar-refractivity contribution in [2.45, 2.75) is 81.8 Å². The van der Waals surface area contributed by atoms with E-state index >= 15 is 0 Å². The molecule has 1 aliphatic carbocycles. The molecule has 1 aromatic carbocycles. The van der Waals surface area contributed by atoms with Crippen molar-refractivity contribution >= 4 is 43.7 Å². The van der Waals surface area contributed by atoms with E-state index in [1.54, 1.807) is 23.5 Å². The lowest BCUT2D eigenvalue weighted by Crippen LogP contribution is -2.63. The van der Waals surface area contributed by atoms with Gasteiger partial charge in [0.25, 0.3) is 0 Å². The van der Waals surface area contributed by atoms with Crippen LogP contribution in [0.15, 0.2) is 34.2 Å². The van der Waals surface area contributed by atoms with Gasteiger partial charge in [0.2, 0.25) is 5.91 Å². The maximum absolute atomic E-state index is 13.2. The first-order valence-electron chi connectivity index (χ1n) is 11.3. The zero-order chi connectivity index (χ0) is 23.4. The molecule has 3 aliphatic rings. The molecule has 5 nitrogen and oxygen atoms in total. The third-order valence-corrected chi connectivity index (χ3v) is 14.6. The highest BCUT2D eigenvalue weighted by Crippen LogP contribution is 2.56.